The van der Waals surface area contributed by atoms with E-state index in [2.05, 4.69) is 41.5 Å². The number of amides is 2. The van der Waals surface area contributed by atoms with Crippen LogP contribution in [0.15, 0.2) is 29.6 Å². The third kappa shape index (κ3) is 3.04. The zero-order valence-corrected chi connectivity index (χ0v) is 17.7. The lowest BCUT2D eigenvalue weighted by Gasteiger charge is -2.38. The molecule has 0 saturated carbocycles. The summed E-state index contributed by atoms with van der Waals surface area (Å²) in [4.78, 5) is 31.6. The van der Waals surface area contributed by atoms with E-state index >= 15 is 0 Å². The van der Waals surface area contributed by atoms with Gasteiger partial charge >= 0.3 is 0 Å². The molecular formula is C21H25N3O2S2. The smallest absolute Gasteiger partial charge is 0.246 e. The normalized spacial score (nSPS) is 28.3. The fourth-order valence-electron chi connectivity index (χ4n) is 4.74. The van der Waals surface area contributed by atoms with Gasteiger partial charge in [0, 0.05) is 49.6 Å². The molecule has 2 atom stereocenters. The monoisotopic (exact) mass is 415 g/mol. The van der Waals surface area contributed by atoms with E-state index in [1.807, 2.05) is 9.80 Å². The number of piperazine rings is 1. The van der Waals surface area contributed by atoms with E-state index in [0.29, 0.717) is 6.42 Å². The maximum Gasteiger partial charge on any atom is 0.246 e. The molecule has 5 nitrogen and oxygen atoms in total. The Hall–Kier alpha value is -1.57. The Kier molecular flexibility index (Phi) is 4.64. The van der Waals surface area contributed by atoms with Crippen LogP contribution in [0, 0.1) is 0 Å². The predicted octanol–water partition coefficient (Wildman–Crippen LogP) is 3.00. The number of fused-ring (bicyclic) bond motifs is 2. The molecule has 0 aliphatic carbocycles. The molecule has 28 heavy (non-hydrogen) atoms. The third-order valence-corrected chi connectivity index (χ3v) is 8.89. The highest BCUT2D eigenvalue weighted by atomic mass is 32.2. The number of carbonyl (C=O) groups is 2. The van der Waals surface area contributed by atoms with E-state index in [0.717, 1.165) is 44.9 Å². The Morgan fingerprint density at radius 1 is 1.21 bits per heavy atom. The van der Waals surface area contributed by atoms with Crippen molar-refractivity contribution in [3.8, 4) is 0 Å². The second-order valence-corrected chi connectivity index (χ2v) is 10.5. The van der Waals surface area contributed by atoms with Gasteiger partial charge in [0.25, 0.3) is 0 Å². The lowest BCUT2D eigenvalue weighted by Crippen LogP contribution is -2.56. The Labute approximate surface area is 173 Å². The molecule has 2 aromatic rings. The summed E-state index contributed by atoms with van der Waals surface area (Å²) in [5, 5.41) is 3.61. The molecule has 0 spiro atoms. The van der Waals surface area contributed by atoms with Crippen molar-refractivity contribution < 1.29 is 9.59 Å². The summed E-state index contributed by atoms with van der Waals surface area (Å²) in [6.45, 7) is 6.33. The molecule has 3 aliphatic heterocycles. The summed E-state index contributed by atoms with van der Waals surface area (Å²) in [6, 6.07) is 8.29. The highest BCUT2D eigenvalue weighted by Gasteiger charge is 2.53. The topological polar surface area (TPSA) is 43.9 Å². The molecule has 0 radical (unpaired) electrons. The van der Waals surface area contributed by atoms with Crippen LogP contribution in [-0.2, 0) is 16.1 Å². The van der Waals surface area contributed by atoms with E-state index in [4.69, 9.17) is 0 Å². The third-order valence-electron chi connectivity index (χ3n) is 6.37. The number of hydrogen-bond donors (Lipinski definition) is 0. The van der Waals surface area contributed by atoms with Crippen molar-refractivity contribution >= 4 is 45.0 Å². The highest BCUT2D eigenvalue weighted by molar-refractivity contribution is 8.01. The molecule has 4 heterocycles. The van der Waals surface area contributed by atoms with E-state index in [1.54, 1.807) is 23.1 Å². The number of thioether (sulfide) groups is 1. The first-order chi connectivity index (χ1) is 13.5. The average molecular weight is 416 g/mol. The van der Waals surface area contributed by atoms with Crippen molar-refractivity contribution in [2.45, 2.75) is 37.2 Å². The van der Waals surface area contributed by atoms with Crippen LogP contribution in [-0.4, -0.2) is 69.4 Å². The van der Waals surface area contributed by atoms with Gasteiger partial charge < -0.3 is 9.80 Å². The second kappa shape index (κ2) is 7.04. The molecule has 3 aliphatic rings. The van der Waals surface area contributed by atoms with Gasteiger partial charge in [-0.25, -0.2) is 0 Å². The van der Waals surface area contributed by atoms with Gasteiger partial charge in [0.1, 0.15) is 6.04 Å². The van der Waals surface area contributed by atoms with Crippen molar-refractivity contribution in [3.05, 3.63) is 35.2 Å². The number of nitrogens with zero attached hydrogens (tertiary/aromatic N) is 3. The number of rotatable bonds is 3. The summed E-state index contributed by atoms with van der Waals surface area (Å²) in [7, 11) is 0. The summed E-state index contributed by atoms with van der Waals surface area (Å²) < 4.78 is 1.34. The van der Waals surface area contributed by atoms with Crippen LogP contribution >= 0.6 is 23.1 Å². The van der Waals surface area contributed by atoms with Gasteiger partial charge in [0.05, 0.1) is 4.87 Å². The van der Waals surface area contributed by atoms with E-state index < -0.39 is 0 Å². The van der Waals surface area contributed by atoms with Crippen molar-refractivity contribution in [3.63, 3.8) is 0 Å². The lowest BCUT2D eigenvalue weighted by molar-refractivity contribution is -0.144. The zero-order valence-electron chi connectivity index (χ0n) is 16.1. The van der Waals surface area contributed by atoms with E-state index in [9.17, 15) is 9.59 Å². The van der Waals surface area contributed by atoms with Crippen molar-refractivity contribution in [1.82, 2.24) is 14.7 Å². The molecule has 7 heteroatoms. The molecule has 0 unspecified atom stereocenters. The van der Waals surface area contributed by atoms with E-state index in [1.165, 1.54) is 15.6 Å². The number of carbonyl (C=O) groups excluding carboxylic acids is 2. The molecule has 2 amide bonds. The van der Waals surface area contributed by atoms with E-state index in [-0.39, 0.29) is 22.7 Å². The van der Waals surface area contributed by atoms with Gasteiger partial charge in [-0.2, -0.15) is 0 Å². The fourth-order valence-corrected chi connectivity index (χ4v) is 7.11. The van der Waals surface area contributed by atoms with Crippen molar-refractivity contribution in [1.29, 1.82) is 0 Å². The molecule has 148 valence electrons. The largest absolute Gasteiger partial charge is 0.338 e. The summed E-state index contributed by atoms with van der Waals surface area (Å²) in [5.41, 5.74) is 1.38. The SMILES string of the molecule is C[C@@]12CCC(=O)N1[C@H](C(=O)N1CCN(Cc3csc4ccccc34)CC1)CS2. The Balaban J connectivity index is 1.21. The standard InChI is InChI=1S/C21H25N3O2S2/c1-21-7-6-19(25)24(21)17(14-28-21)20(26)23-10-8-22(9-11-23)12-15-13-27-18-5-3-2-4-16(15)18/h2-5,13,17H,6-12,14H2,1H3/t17-,21+/m0/s1. The van der Waals surface area contributed by atoms with Crippen LogP contribution in [0.25, 0.3) is 10.1 Å². The van der Waals surface area contributed by atoms with Crippen LogP contribution in [0.2, 0.25) is 0 Å². The molecule has 1 aromatic heterocycles. The van der Waals surface area contributed by atoms with Gasteiger partial charge in [-0.15, -0.1) is 23.1 Å². The molecule has 3 fully saturated rings. The fraction of sp³-hybridized carbons (Fsp3) is 0.524. The average Bonchev–Trinajstić information content (AvgIpc) is 3.36. The Morgan fingerprint density at radius 2 is 2.00 bits per heavy atom. The van der Waals surface area contributed by atoms with Crippen LogP contribution in [0.3, 0.4) is 0 Å². The van der Waals surface area contributed by atoms with Crippen molar-refractivity contribution in [2.24, 2.45) is 0 Å². The van der Waals surface area contributed by atoms with Crippen LogP contribution in [0.5, 0.6) is 0 Å². The van der Waals surface area contributed by atoms with Gasteiger partial charge in [-0.1, -0.05) is 18.2 Å². The summed E-state index contributed by atoms with van der Waals surface area (Å²) in [6.07, 6.45) is 1.44. The number of benzene rings is 1. The summed E-state index contributed by atoms with van der Waals surface area (Å²) in [5.74, 6) is 1.03. The first-order valence-electron chi connectivity index (χ1n) is 9.97. The first-order valence-corrected chi connectivity index (χ1v) is 11.8. The maximum atomic E-state index is 13.1. The molecule has 0 bridgehead atoms. The maximum absolute atomic E-state index is 13.1. The van der Waals surface area contributed by atoms with Crippen LogP contribution < -0.4 is 0 Å². The first kappa shape index (κ1) is 18.5. The molecular weight excluding hydrogens is 390 g/mol. The van der Waals surface area contributed by atoms with Gasteiger partial charge in [0.15, 0.2) is 0 Å². The second-order valence-electron chi connectivity index (χ2n) is 8.12. The highest BCUT2D eigenvalue weighted by Crippen LogP contribution is 2.47. The molecule has 3 saturated heterocycles. The number of hydrogen-bond acceptors (Lipinski definition) is 5. The Bertz CT molecular complexity index is 921. The van der Waals surface area contributed by atoms with Crippen molar-refractivity contribution in [2.75, 3.05) is 31.9 Å². The quantitative estimate of drug-likeness (QED) is 0.773. The zero-order chi connectivity index (χ0) is 19.3. The lowest BCUT2D eigenvalue weighted by atomic mass is 10.1. The predicted molar refractivity (Wildman–Crippen MR) is 114 cm³/mol. The minimum atomic E-state index is -0.266. The minimum absolute atomic E-state index is 0.145. The van der Waals surface area contributed by atoms with Gasteiger partial charge in [0.2, 0.25) is 11.8 Å². The summed E-state index contributed by atoms with van der Waals surface area (Å²) >= 11 is 3.57. The molecule has 1 aromatic carbocycles. The molecule has 5 rings (SSSR count). The van der Waals surface area contributed by atoms with Gasteiger partial charge in [-0.3, -0.25) is 14.5 Å². The van der Waals surface area contributed by atoms with Crippen LogP contribution in [0.4, 0.5) is 0 Å². The van der Waals surface area contributed by atoms with Gasteiger partial charge in [-0.05, 0) is 35.7 Å². The molecule has 0 N–H and O–H groups in total. The van der Waals surface area contributed by atoms with Crippen LogP contribution in [0.1, 0.15) is 25.3 Å². The minimum Gasteiger partial charge on any atom is -0.338 e. The number of thiophene rings is 1. The Morgan fingerprint density at radius 3 is 2.82 bits per heavy atom.